The van der Waals surface area contributed by atoms with Crippen LogP contribution in [0.4, 0.5) is 5.69 Å². The largest absolute Gasteiger partial charge is 1.00 e. The van der Waals surface area contributed by atoms with Gasteiger partial charge in [0.25, 0.3) is 0 Å². The number of halogens is 1. The molecule has 2 aromatic carbocycles. The summed E-state index contributed by atoms with van der Waals surface area (Å²) in [5.41, 5.74) is 2.58. The van der Waals surface area contributed by atoms with Gasteiger partial charge in [-0.2, -0.15) is 0 Å². The van der Waals surface area contributed by atoms with Crippen molar-refractivity contribution >= 4 is 34.8 Å². The standard InChI is InChI=1S/C21H19ClN2O4.Na.H2O/c1-28-17-8-6-16(7-9-17)24-12-18(14-2-4-15(22)5-3-14)23-19(13-24)20(25)10-11-21(26)27;;/h2-9,13H,10-12H2,1H3,(H,26,27);;1H2/q;+1;/p-1. The Kier molecular flexibility index (Phi) is 10.2. The number of Topliss-reactive ketones (excluding diaryl/α,β-unsaturated/α-hetero) is 1. The molecule has 0 aromatic heterocycles. The van der Waals surface area contributed by atoms with E-state index < -0.39 is 5.97 Å². The number of hydrogen-bond donors (Lipinski definition) is 0. The molecule has 0 radical (unpaired) electrons. The first-order valence-corrected chi connectivity index (χ1v) is 9.03. The number of carbonyl (C=O) groups excluding carboxylic acids is 2. The van der Waals surface area contributed by atoms with E-state index in [1.54, 1.807) is 25.4 Å². The smallest absolute Gasteiger partial charge is 0.550 e. The van der Waals surface area contributed by atoms with Crippen molar-refractivity contribution in [2.24, 2.45) is 4.99 Å². The average Bonchev–Trinajstić information content (AvgIpc) is 2.72. The first-order chi connectivity index (χ1) is 13.5. The molecule has 9 heteroatoms. The Morgan fingerprint density at radius 1 is 1.10 bits per heavy atom. The summed E-state index contributed by atoms with van der Waals surface area (Å²) in [6.45, 7) is 0.450. The van der Waals surface area contributed by atoms with E-state index in [1.165, 1.54) is 0 Å². The van der Waals surface area contributed by atoms with Gasteiger partial charge < -0.3 is 25.0 Å². The summed E-state index contributed by atoms with van der Waals surface area (Å²) < 4.78 is 5.19. The van der Waals surface area contributed by atoms with E-state index in [-0.39, 0.29) is 59.4 Å². The minimum absolute atomic E-state index is 0. The Labute approximate surface area is 201 Å². The predicted octanol–water partition coefficient (Wildman–Crippen LogP) is -1.22. The molecule has 0 unspecified atom stereocenters. The summed E-state index contributed by atoms with van der Waals surface area (Å²) >= 11 is 5.96. The third-order valence-corrected chi connectivity index (χ3v) is 4.53. The molecule has 0 spiro atoms. The number of anilines is 1. The van der Waals surface area contributed by atoms with Crippen LogP contribution in [0.15, 0.2) is 65.4 Å². The number of carboxylic acids is 1. The van der Waals surface area contributed by atoms with Crippen molar-refractivity contribution in [3.63, 3.8) is 0 Å². The second-order valence-corrected chi connectivity index (χ2v) is 6.64. The van der Waals surface area contributed by atoms with E-state index in [0.717, 1.165) is 17.0 Å². The fraction of sp³-hybridized carbons (Fsp3) is 0.190. The minimum Gasteiger partial charge on any atom is -0.550 e. The van der Waals surface area contributed by atoms with Crippen LogP contribution >= 0.6 is 11.6 Å². The number of aliphatic carboxylic acids is 1. The van der Waals surface area contributed by atoms with Crippen LogP contribution in [-0.4, -0.2) is 36.6 Å². The van der Waals surface area contributed by atoms with Gasteiger partial charge in [0.1, 0.15) is 11.4 Å². The Hall–Kier alpha value is -2.16. The Morgan fingerprint density at radius 3 is 2.30 bits per heavy atom. The molecule has 152 valence electrons. The number of benzene rings is 2. The van der Waals surface area contributed by atoms with E-state index in [4.69, 9.17) is 16.3 Å². The van der Waals surface area contributed by atoms with Crippen molar-refractivity contribution in [3.05, 3.63) is 71.0 Å². The van der Waals surface area contributed by atoms with Gasteiger partial charge >= 0.3 is 29.6 Å². The molecular formula is C21H20ClN2NaO5. The predicted molar refractivity (Wildman–Crippen MR) is 109 cm³/mol. The minimum atomic E-state index is -1.27. The van der Waals surface area contributed by atoms with Crippen molar-refractivity contribution in [2.45, 2.75) is 12.8 Å². The fourth-order valence-corrected chi connectivity index (χ4v) is 2.91. The second-order valence-electron chi connectivity index (χ2n) is 6.20. The molecular weight excluding hydrogens is 419 g/mol. The molecule has 0 saturated carbocycles. The van der Waals surface area contributed by atoms with E-state index in [2.05, 4.69) is 4.99 Å². The number of ether oxygens (including phenoxy) is 1. The van der Waals surface area contributed by atoms with Crippen LogP contribution in [0, 0.1) is 0 Å². The molecule has 0 aliphatic carbocycles. The number of ketones is 1. The molecule has 30 heavy (non-hydrogen) atoms. The number of nitrogens with zero attached hydrogens (tertiary/aromatic N) is 2. The average molecular weight is 439 g/mol. The molecule has 0 bridgehead atoms. The number of methoxy groups -OCH3 is 1. The first kappa shape index (κ1) is 25.9. The quantitative estimate of drug-likeness (QED) is 0.503. The molecule has 0 amide bonds. The first-order valence-electron chi connectivity index (χ1n) is 8.65. The van der Waals surface area contributed by atoms with E-state index in [1.807, 2.05) is 41.3 Å². The van der Waals surface area contributed by atoms with Gasteiger partial charge in [-0.25, -0.2) is 4.99 Å². The topological polar surface area (TPSA) is 114 Å². The maximum atomic E-state index is 12.5. The van der Waals surface area contributed by atoms with Gasteiger partial charge in [0, 0.05) is 29.3 Å². The monoisotopic (exact) mass is 438 g/mol. The van der Waals surface area contributed by atoms with Gasteiger partial charge in [-0.3, -0.25) is 4.79 Å². The fourth-order valence-electron chi connectivity index (χ4n) is 2.78. The van der Waals surface area contributed by atoms with Crippen LogP contribution in [0.1, 0.15) is 18.4 Å². The maximum Gasteiger partial charge on any atom is 1.00 e. The van der Waals surface area contributed by atoms with E-state index in [9.17, 15) is 14.7 Å². The van der Waals surface area contributed by atoms with Crippen molar-refractivity contribution in [3.8, 4) is 5.75 Å². The summed E-state index contributed by atoms with van der Waals surface area (Å²) in [6, 6.07) is 14.6. The van der Waals surface area contributed by atoms with Crippen LogP contribution in [0.3, 0.4) is 0 Å². The van der Waals surface area contributed by atoms with E-state index in [0.29, 0.717) is 17.3 Å². The van der Waals surface area contributed by atoms with Crippen LogP contribution in [0.25, 0.3) is 0 Å². The molecule has 1 heterocycles. The number of carboxylic acid groups (broad SMARTS) is 1. The Morgan fingerprint density at radius 2 is 1.73 bits per heavy atom. The number of carbonyl (C=O) groups is 2. The molecule has 3 rings (SSSR count). The van der Waals surface area contributed by atoms with Crippen molar-refractivity contribution in [1.82, 2.24) is 0 Å². The molecule has 7 nitrogen and oxygen atoms in total. The van der Waals surface area contributed by atoms with Crippen LogP contribution < -0.4 is 44.3 Å². The number of rotatable bonds is 7. The summed E-state index contributed by atoms with van der Waals surface area (Å²) in [5.74, 6) is -0.894. The van der Waals surface area contributed by atoms with Crippen molar-refractivity contribution in [1.29, 1.82) is 0 Å². The SMILES string of the molecule is COc1ccc(N2C=C(C(=O)CCC(=O)[O-])N=C(c3ccc(Cl)cc3)C2)cc1.O.[Na+]. The van der Waals surface area contributed by atoms with Crippen LogP contribution in [0.2, 0.25) is 5.02 Å². The van der Waals surface area contributed by atoms with Gasteiger partial charge in [-0.05, 0) is 48.4 Å². The van der Waals surface area contributed by atoms with Crippen LogP contribution in [0.5, 0.6) is 5.75 Å². The molecule has 1 aliphatic rings. The summed E-state index contributed by atoms with van der Waals surface area (Å²) in [4.78, 5) is 29.5. The summed E-state index contributed by atoms with van der Waals surface area (Å²) in [7, 11) is 1.59. The van der Waals surface area contributed by atoms with Crippen molar-refractivity contribution in [2.75, 3.05) is 18.6 Å². The van der Waals surface area contributed by atoms with Gasteiger partial charge in [0.15, 0.2) is 5.78 Å². The zero-order chi connectivity index (χ0) is 20.1. The summed E-state index contributed by atoms with van der Waals surface area (Å²) in [6.07, 6.45) is 1.13. The van der Waals surface area contributed by atoms with E-state index >= 15 is 0 Å². The second kappa shape index (κ2) is 11.9. The third-order valence-electron chi connectivity index (χ3n) is 4.28. The van der Waals surface area contributed by atoms with Gasteiger partial charge in [-0.15, -0.1) is 0 Å². The zero-order valence-electron chi connectivity index (χ0n) is 16.7. The summed E-state index contributed by atoms with van der Waals surface area (Å²) in [5, 5.41) is 11.3. The Bertz CT molecular complexity index is 943. The van der Waals surface area contributed by atoms with Gasteiger partial charge in [-0.1, -0.05) is 23.7 Å². The number of aliphatic imine (C=N–C) groups is 1. The Balaban J connectivity index is 0.00000225. The number of hydrogen-bond acceptors (Lipinski definition) is 6. The molecule has 2 aromatic rings. The van der Waals surface area contributed by atoms with Crippen molar-refractivity contribution < 1.29 is 54.5 Å². The number of allylic oxidation sites excluding steroid dienone is 1. The molecule has 0 fully saturated rings. The van der Waals surface area contributed by atoms with Gasteiger partial charge in [0.05, 0.1) is 19.4 Å². The molecule has 0 saturated heterocycles. The van der Waals surface area contributed by atoms with Gasteiger partial charge in [0.2, 0.25) is 0 Å². The third kappa shape index (κ3) is 6.68. The molecule has 1 aliphatic heterocycles. The normalized spacial score (nSPS) is 12.7. The zero-order valence-corrected chi connectivity index (χ0v) is 19.5. The molecule has 2 N–H and O–H groups in total. The van der Waals surface area contributed by atoms with Crippen LogP contribution in [-0.2, 0) is 9.59 Å². The maximum absolute atomic E-state index is 12.5. The molecule has 0 atom stereocenters.